The van der Waals surface area contributed by atoms with Crippen LogP contribution >= 0.6 is 0 Å². The van der Waals surface area contributed by atoms with Crippen molar-refractivity contribution in [3.05, 3.63) is 0 Å². The van der Waals surface area contributed by atoms with Crippen LogP contribution in [0.5, 0.6) is 0 Å². The fourth-order valence-electron chi connectivity index (χ4n) is 2.11. The third kappa shape index (κ3) is 9.21. The van der Waals surface area contributed by atoms with Gasteiger partial charge < -0.3 is 18.7 Å². The minimum absolute atomic E-state index is 0.216. The number of ether oxygens (including phenoxy) is 3. The molecule has 0 saturated heterocycles. The summed E-state index contributed by atoms with van der Waals surface area (Å²) in [6.45, 7) is 9.39. The van der Waals surface area contributed by atoms with Crippen LogP contribution in [-0.4, -0.2) is 71.0 Å². The second kappa shape index (κ2) is 10.1. The lowest BCUT2D eigenvalue weighted by atomic mass is 9.76. The van der Waals surface area contributed by atoms with E-state index in [1.54, 1.807) is 7.11 Å². The Bertz CT molecular complexity index is 428. The van der Waals surface area contributed by atoms with Crippen LogP contribution in [0.15, 0.2) is 0 Å². The van der Waals surface area contributed by atoms with Gasteiger partial charge in [0.15, 0.2) is 0 Å². The van der Waals surface area contributed by atoms with Gasteiger partial charge in [0.25, 0.3) is 0 Å². The SMILES string of the molecule is CCC(C)(CCC(C)(C)C(=O)OCC[N+](C)(C)C)C(=O)OCCOC. The molecule has 0 aliphatic rings. The third-order valence-corrected chi connectivity index (χ3v) is 4.64. The molecule has 0 saturated carbocycles. The first-order valence-corrected chi connectivity index (χ1v) is 9.02. The molecule has 6 heteroatoms. The molecule has 0 rings (SSSR count). The quantitative estimate of drug-likeness (QED) is 0.304. The summed E-state index contributed by atoms with van der Waals surface area (Å²) in [5.41, 5.74) is -1.23. The first-order valence-electron chi connectivity index (χ1n) is 9.02. The first-order chi connectivity index (χ1) is 11.4. The molecular formula is C19H38NO5+. The molecule has 1 atom stereocenters. The number of nitrogens with zero attached hydrogens (tertiary/aromatic N) is 1. The van der Waals surface area contributed by atoms with Gasteiger partial charge in [0, 0.05) is 7.11 Å². The molecule has 0 fully saturated rings. The van der Waals surface area contributed by atoms with E-state index in [0.717, 1.165) is 11.0 Å². The van der Waals surface area contributed by atoms with Crippen LogP contribution in [0.4, 0.5) is 0 Å². The van der Waals surface area contributed by atoms with E-state index < -0.39 is 10.8 Å². The maximum Gasteiger partial charge on any atom is 0.311 e. The molecule has 0 aromatic rings. The van der Waals surface area contributed by atoms with E-state index in [1.807, 2.05) is 27.7 Å². The van der Waals surface area contributed by atoms with Crippen molar-refractivity contribution in [2.75, 3.05) is 54.6 Å². The molecule has 25 heavy (non-hydrogen) atoms. The second-order valence-corrected chi connectivity index (χ2v) is 8.58. The summed E-state index contributed by atoms with van der Waals surface area (Å²) in [5.74, 6) is -0.451. The van der Waals surface area contributed by atoms with E-state index in [1.165, 1.54) is 0 Å². The summed E-state index contributed by atoms with van der Waals surface area (Å²) in [4.78, 5) is 24.7. The van der Waals surface area contributed by atoms with E-state index >= 15 is 0 Å². The van der Waals surface area contributed by atoms with Crippen molar-refractivity contribution in [1.29, 1.82) is 0 Å². The number of hydrogen-bond donors (Lipinski definition) is 0. The predicted octanol–water partition coefficient (Wildman–Crippen LogP) is 2.65. The van der Waals surface area contributed by atoms with Crippen molar-refractivity contribution >= 4 is 11.9 Å². The molecule has 148 valence electrons. The Kier molecular flexibility index (Phi) is 9.66. The van der Waals surface area contributed by atoms with Gasteiger partial charge in [-0.05, 0) is 40.0 Å². The third-order valence-electron chi connectivity index (χ3n) is 4.64. The summed E-state index contributed by atoms with van der Waals surface area (Å²) in [5, 5.41) is 0. The van der Waals surface area contributed by atoms with Gasteiger partial charge in [-0.1, -0.05) is 6.92 Å². The Balaban J connectivity index is 4.59. The summed E-state index contributed by atoms with van der Waals surface area (Å²) < 4.78 is 16.4. The van der Waals surface area contributed by atoms with Gasteiger partial charge in [-0.2, -0.15) is 0 Å². The smallest absolute Gasteiger partial charge is 0.311 e. The van der Waals surface area contributed by atoms with E-state index in [0.29, 0.717) is 32.5 Å². The first kappa shape index (κ1) is 23.9. The number of esters is 2. The fourth-order valence-corrected chi connectivity index (χ4v) is 2.11. The average molecular weight is 361 g/mol. The van der Waals surface area contributed by atoms with E-state index in [9.17, 15) is 9.59 Å². The second-order valence-electron chi connectivity index (χ2n) is 8.58. The average Bonchev–Trinajstić information content (AvgIpc) is 2.51. The van der Waals surface area contributed by atoms with E-state index in [-0.39, 0.29) is 18.5 Å². The molecule has 6 nitrogen and oxygen atoms in total. The largest absolute Gasteiger partial charge is 0.463 e. The highest BCUT2D eigenvalue weighted by atomic mass is 16.6. The molecule has 0 aliphatic carbocycles. The van der Waals surface area contributed by atoms with Gasteiger partial charge in [-0.15, -0.1) is 0 Å². The molecule has 0 heterocycles. The van der Waals surface area contributed by atoms with Crippen molar-refractivity contribution in [1.82, 2.24) is 0 Å². The maximum absolute atomic E-state index is 12.4. The summed E-state index contributed by atoms with van der Waals surface area (Å²) in [6, 6.07) is 0. The van der Waals surface area contributed by atoms with Gasteiger partial charge in [0.2, 0.25) is 0 Å². The minimum Gasteiger partial charge on any atom is -0.463 e. The fraction of sp³-hybridized carbons (Fsp3) is 0.895. The molecule has 1 unspecified atom stereocenters. The van der Waals surface area contributed by atoms with Crippen molar-refractivity contribution in [2.24, 2.45) is 10.8 Å². The Hall–Kier alpha value is -1.14. The molecule has 0 radical (unpaired) electrons. The van der Waals surface area contributed by atoms with Crippen molar-refractivity contribution in [2.45, 2.75) is 47.0 Å². The summed E-state index contributed by atoms with van der Waals surface area (Å²) in [6.07, 6.45) is 1.80. The molecule has 0 aliphatic heterocycles. The van der Waals surface area contributed by atoms with Crippen molar-refractivity contribution in [3.8, 4) is 0 Å². The number of carbonyl (C=O) groups is 2. The standard InChI is InChI=1S/C19H38NO5/c1-9-19(4,17(22)25-15-14-23-8)11-10-18(2,3)16(21)24-13-12-20(5,6)7/h9-15H2,1-8H3/q+1. The van der Waals surface area contributed by atoms with Gasteiger partial charge in [0.1, 0.15) is 19.8 Å². The highest BCUT2D eigenvalue weighted by Crippen LogP contribution is 2.35. The Labute approximate surface area is 153 Å². The molecule has 0 N–H and O–H groups in total. The van der Waals surface area contributed by atoms with Crippen LogP contribution in [-0.2, 0) is 23.8 Å². The number of hydrogen-bond acceptors (Lipinski definition) is 5. The van der Waals surface area contributed by atoms with Crippen molar-refractivity contribution < 1.29 is 28.3 Å². The van der Waals surface area contributed by atoms with E-state index in [4.69, 9.17) is 14.2 Å². The zero-order valence-corrected chi connectivity index (χ0v) is 17.4. The normalized spacial score (nSPS) is 14.7. The van der Waals surface area contributed by atoms with Crippen LogP contribution in [0.1, 0.15) is 47.0 Å². The lowest BCUT2D eigenvalue weighted by Gasteiger charge is -2.31. The Morgan fingerprint density at radius 1 is 0.880 bits per heavy atom. The maximum atomic E-state index is 12.4. The zero-order chi connectivity index (χ0) is 19.7. The van der Waals surface area contributed by atoms with Crippen molar-refractivity contribution in [3.63, 3.8) is 0 Å². The monoisotopic (exact) mass is 360 g/mol. The van der Waals surface area contributed by atoms with Crippen LogP contribution in [0, 0.1) is 10.8 Å². The van der Waals surface area contributed by atoms with Gasteiger partial charge in [0.05, 0.1) is 38.6 Å². The number of rotatable bonds is 12. The van der Waals surface area contributed by atoms with Gasteiger partial charge >= 0.3 is 11.9 Å². The highest BCUT2D eigenvalue weighted by molar-refractivity contribution is 5.77. The molecule has 0 spiro atoms. The van der Waals surface area contributed by atoms with Gasteiger partial charge in [-0.25, -0.2) is 0 Å². The zero-order valence-electron chi connectivity index (χ0n) is 17.4. The number of carbonyl (C=O) groups excluding carboxylic acids is 2. The molecule has 0 aromatic heterocycles. The molecular weight excluding hydrogens is 322 g/mol. The lowest BCUT2D eigenvalue weighted by Crippen LogP contribution is -2.39. The topological polar surface area (TPSA) is 61.8 Å². The highest BCUT2D eigenvalue weighted by Gasteiger charge is 2.38. The predicted molar refractivity (Wildman–Crippen MR) is 98.1 cm³/mol. The van der Waals surface area contributed by atoms with Crippen LogP contribution in [0.25, 0.3) is 0 Å². The molecule has 0 aromatic carbocycles. The number of methoxy groups -OCH3 is 1. The Morgan fingerprint density at radius 3 is 1.92 bits per heavy atom. The Morgan fingerprint density at radius 2 is 1.44 bits per heavy atom. The molecule has 0 amide bonds. The summed E-state index contributed by atoms with van der Waals surface area (Å²) >= 11 is 0. The minimum atomic E-state index is -0.631. The van der Waals surface area contributed by atoms with Crippen LogP contribution in [0.3, 0.4) is 0 Å². The van der Waals surface area contributed by atoms with E-state index in [2.05, 4.69) is 21.1 Å². The summed E-state index contributed by atoms with van der Waals surface area (Å²) in [7, 11) is 7.74. The number of likely N-dealkylation sites (N-methyl/N-ethyl adjacent to an activating group) is 1. The van der Waals surface area contributed by atoms with Crippen LogP contribution in [0.2, 0.25) is 0 Å². The molecule has 0 bridgehead atoms. The van der Waals surface area contributed by atoms with Gasteiger partial charge in [-0.3, -0.25) is 9.59 Å². The lowest BCUT2D eigenvalue weighted by molar-refractivity contribution is -0.870. The van der Waals surface area contributed by atoms with Crippen LogP contribution < -0.4 is 0 Å². The number of quaternary nitrogens is 1.